The highest BCUT2D eigenvalue weighted by molar-refractivity contribution is 5.87. The lowest BCUT2D eigenvalue weighted by Crippen LogP contribution is -1.89. The number of rotatable bonds is 1. The van der Waals surface area contributed by atoms with Gasteiger partial charge in [0.2, 0.25) is 5.88 Å². The van der Waals surface area contributed by atoms with Crippen molar-refractivity contribution in [2.75, 3.05) is 7.11 Å². The molecule has 0 aromatic carbocycles. The molecule has 0 bridgehead atoms. The van der Waals surface area contributed by atoms with Gasteiger partial charge in [0, 0.05) is 6.20 Å². The number of aromatic hydroxyl groups is 1. The van der Waals surface area contributed by atoms with Crippen LogP contribution in [0.1, 0.15) is 0 Å². The Kier molecular flexibility index (Phi) is 1.73. The summed E-state index contributed by atoms with van der Waals surface area (Å²) >= 11 is 0. The van der Waals surface area contributed by atoms with E-state index in [-0.39, 0.29) is 5.75 Å². The molecule has 0 saturated carbocycles. The molecule has 0 radical (unpaired) electrons. The molecule has 0 aliphatic rings. The van der Waals surface area contributed by atoms with Gasteiger partial charge in [-0.05, 0) is 12.1 Å². The first-order valence-electron chi connectivity index (χ1n) is 3.79. The molecule has 13 heavy (non-hydrogen) atoms. The van der Waals surface area contributed by atoms with E-state index in [0.29, 0.717) is 16.8 Å². The fraction of sp³-hybridized carbons (Fsp3) is 0.111. The van der Waals surface area contributed by atoms with Gasteiger partial charge in [0.05, 0.1) is 18.7 Å². The summed E-state index contributed by atoms with van der Waals surface area (Å²) in [7, 11) is 1.53. The van der Waals surface area contributed by atoms with Gasteiger partial charge in [0.15, 0.2) is 5.75 Å². The second kappa shape index (κ2) is 2.90. The zero-order valence-electron chi connectivity index (χ0n) is 7.06. The van der Waals surface area contributed by atoms with E-state index in [2.05, 4.69) is 9.97 Å². The average Bonchev–Trinajstić information content (AvgIpc) is 2.19. The maximum Gasteiger partial charge on any atom is 0.222 e. The van der Waals surface area contributed by atoms with Gasteiger partial charge < -0.3 is 9.84 Å². The fourth-order valence-corrected chi connectivity index (χ4v) is 1.20. The number of hydrogen-bond donors (Lipinski definition) is 1. The Hall–Kier alpha value is -1.84. The monoisotopic (exact) mass is 176 g/mol. The maximum absolute atomic E-state index is 9.41. The topological polar surface area (TPSA) is 55.2 Å². The van der Waals surface area contributed by atoms with Crippen LogP contribution in [0.25, 0.3) is 10.9 Å². The number of fused-ring (bicyclic) bond motifs is 1. The minimum absolute atomic E-state index is 0.0661. The van der Waals surface area contributed by atoms with E-state index in [0.717, 1.165) is 0 Å². The lowest BCUT2D eigenvalue weighted by Gasteiger charge is -2.03. The molecule has 2 aromatic heterocycles. The van der Waals surface area contributed by atoms with Gasteiger partial charge in [-0.2, -0.15) is 0 Å². The Bertz CT molecular complexity index is 443. The number of aromatic nitrogens is 2. The zero-order chi connectivity index (χ0) is 9.26. The molecule has 0 atom stereocenters. The van der Waals surface area contributed by atoms with Crippen LogP contribution >= 0.6 is 0 Å². The van der Waals surface area contributed by atoms with E-state index in [4.69, 9.17) is 4.74 Å². The first kappa shape index (κ1) is 7.79. The summed E-state index contributed by atoms with van der Waals surface area (Å²) in [6, 6.07) is 3.57. The van der Waals surface area contributed by atoms with Crippen molar-refractivity contribution < 1.29 is 9.84 Å². The minimum atomic E-state index is 0.0661. The van der Waals surface area contributed by atoms with Gasteiger partial charge >= 0.3 is 0 Å². The molecule has 0 unspecified atom stereocenters. The standard InChI is InChI=1S/C9H8N2O2/c1-13-9-6-3-2-4-10-8(6)7(12)5-11-9/h2-5,12H,1H3. The molecular formula is C9H8N2O2. The predicted molar refractivity (Wildman–Crippen MR) is 47.8 cm³/mol. The van der Waals surface area contributed by atoms with Crippen molar-refractivity contribution in [3.8, 4) is 11.6 Å². The van der Waals surface area contributed by atoms with Crippen molar-refractivity contribution in [1.82, 2.24) is 9.97 Å². The van der Waals surface area contributed by atoms with Crippen LogP contribution in [0.15, 0.2) is 24.5 Å². The van der Waals surface area contributed by atoms with Crippen molar-refractivity contribution in [3.05, 3.63) is 24.5 Å². The lowest BCUT2D eigenvalue weighted by atomic mass is 10.2. The summed E-state index contributed by atoms with van der Waals surface area (Å²) in [5.74, 6) is 0.539. The van der Waals surface area contributed by atoms with Crippen molar-refractivity contribution in [3.63, 3.8) is 0 Å². The highest BCUT2D eigenvalue weighted by Gasteiger charge is 2.06. The summed E-state index contributed by atoms with van der Waals surface area (Å²) < 4.78 is 5.02. The predicted octanol–water partition coefficient (Wildman–Crippen LogP) is 1.34. The summed E-state index contributed by atoms with van der Waals surface area (Å²) in [6.07, 6.45) is 2.94. The number of hydrogen-bond acceptors (Lipinski definition) is 4. The van der Waals surface area contributed by atoms with Crippen LogP contribution in [0.2, 0.25) is 0 Å². The Morgan fingerprint density at radius 1 is 1.38 bits per heavy atom. The molecule has 2 rings (SSSR count). The Labute approximate surface area is 74.8 Å². The highest BCUT2D eigenvalue weighted by atomic mass is 16.5. The fourth-order valence-electron chi connectivity index (χ4n) is 1.20. The van der Waals surface area contributed by atoms with Crippen molar-refractivity contribution in [2.24, 2.45) is 0 Å². The van der Waals surface area contributed by atoms with Crippen LogP contribution in [0.3, 0.4) is 0 Å². The van der Waals surface area contributed by atoms with E-state index in [1.165, 1.54) is 13.3 Å². The van der Waals surface area contributed by atoms with Crippen LogP contribution in [0, 0.1) is 0 Å². The van der Waals surface area contributed by atoms with Crippen molar-refractivity contribution in [2.45, 2.75) is 0 Å². The first-order chi connectivity index (χ1) is 6.33. The number of methoxy groups -OCH3 is 1. The van der Waals surface area contributed by atoms with E-state index in [1.807, 2.05) is 0 Å². The highest BCUT2D eigenvalue weighted by Crippen LogP contribution is 2.27. The van der Waals surface area contributed by atoms with Crippen LogP contribution in [0.5, 0.6) is 11.6 Å². The summed E-state index contributed by atoms with van der Waals surface area (Å²) in [5.41, 5.74) is 0.509. The quantitative estimate of drug-likeness (QED) is 0.712. The van der Waals surface area contributed by atoms with Crippen LogP contribution < -0.4 is 4.74 Å². The van der Waals surface area contributed by atoms with Gasteiger partial charge in [-0.3, -0.25) is 4.98 Å². The van der Waals surface area contributed by atoms with Crippen LogP contribution in [-0.2, 0) is 0 Å². The molecular weight excluding hydrogens is 168 g/mol. The summed E-state index contributed by atoms with van der Waals surface area (Å²) in [4.78, 5) is 7.93. The van der Waals surface area contributed by atoms with E-state index >= 15 is 0 Å². The van der Waals surface area contributed by atoms with Gasteiger partial charge in [0.25, 0.3) is 0 Å². The third-order valence-corrected chi connectivity index (χ3v) is 1.78. The van der Waals surface area contributed by atoms with E-state index < -0.39 is 0 Å². The molecule has 0 saturated heterocycles. The molecule has 0 fully saturated rings. The molecule has 2 aromatic rings. The SMILES string of the molecule is COc1ncc(O)c2ncccc12. The third kappa shape index (κ3) is 1.16. The van der Waals surface area contributed by atoms with Gasteiger partial charge in [-0.1, -0.05) is 0 Å². The number of ether oxygens (including phenoxy) is 1. The third-order valence-electron chi connectivity index (χ3n) is 1.78. The van der Waals surface area contributed by atoms with Gasteiger partial charge in [0.1, 0.15) is 5.52 Å². The van der Waals surface area contributed by atoms with Crippen molar-refractivity contribution >= 4 is 10.9 Å². The average molecular weight is 176 g/mol. The molecule has 66 valence electrons. The molecule has 1 N–H and O–H groups in total. The lowest BCUT2D eigenvalue weighted by molar-refractivity contribution is 0.400. The molecule has 0 aliphatic carbocycles. The second-order valence-corrected chi connectivity index (χ2v) is 2.55. The molecule has 0 amide bonds. The molecule has 0 aliphatic heterocycles. The number of pyridine rings is 2. The molecule has 4 heteroatoms. The molecule has 0 spiro atoms. The van der Waals surface area contributed by atoms with Gasteiger partial charge in [-0.25, -0.2) is 4.98 Å². The molecule has 4 nitrogen and oxygen atoms in total. The van der Waals surface area contributed by atoms with Gasteiger partial charge in [-0.15, -0.1) is 0 Å². The van der Waals surface area contributed by atoms with Crippen molar-refractivity contribution in [1.29, 1.82) is 0 Å². The van der Waals surface area contributed by atoms with Crippen LogP contribution in [0.4, 0.5) is 0 Å². The normalized spacial score (nSPS) is 10.2. The van der Waals surface area contributed by atoms with Crippen LogP contribution in [-0.4, -0.2) is 22.2 Å². The zero-order valence-corrected chi connectivity index (χ0v) is 7.06. The second-order valence-electron chi connectivity index (χ2n) is 2.55. The largest absolute Gasteiger partial charge is 0.504 e. The number of nitrogens with zero attached hydrogens (tertiary/aromatic N) is 2. The Morgan fingerprint density at radius 2 is 2.23 bits per heavy atom. The summed E-state index contributed by atoms with van der Waals surface area (Å²) in [5, 5.41) is 10.1. The Morgan fingerprint density at radius 3 is 3.00 bits per heavy atom. The molecule has 2 heterocycles. The minimum Gasteiger partial charge on any atom is -0.504 e. The smallest absolute Gasteiger partial charge is 0.222 e. The van der Waals surface area contributed by atoms with E-state index in [9.17, 15) is 5.11 Å². The summed E-state index contributed by atoms with van der Waals surface area (Å²) in [6.45, 7) is 0. The Balaban J connectivity index is 2.84. The first-order valence-corrected chi connectivity index (χ1v) is 3.79. The van der Waals surface area contributed by atoms with E-state index in [1.54, 1.807) is 18.3 Å². The maximum atomic E-state index is 9.41.